The van der Waals surface area contributed by atoms with Crippen LogP contribution in [0, 0.1) is 0 Å². The van der Waals surface area contributed by atoms with E-state index < -0.39 is 27.3 Å². The number of esters is 1. The average molecular weight is 329 g/mol. The summed E-state index contributed by atoms with van der Waals surface area (Å²) < 4.78 is 35.0. The fourth-order valence-corrected chi connectivity index (χ4v) is 2.58. The van der Waals surface area contributed by atoms with Crippen LogP contribution in [-0.2, 0) is 30.9 Å². The van der Waals surface area contributed by atoms with Crippen molar-refractivity contribution in [2.75, 3.05) is 7.11 Å². The van der Waals surface area contributed by atoms with Gasteiger partial charge in [0.05, 0.1) is 7.11 Å². The molecule has 0 aromatic heterocycles. The van der Waals surface area contributed by atoms with Crippen LogP contribution in [0.2, 0.25) is 0 Å². The van der Waals surface area contributed by atoms with Crippen LogP contribution in [0.25, 0.3) is 0 Å². The van der Waals surface area contributed by atoms with Crippen molar-refractivity contribution >= 4 is 21.3 Å². The molecule has 0 amide bonds. The first-order valence-corrected chi connectivity index (χ1v) is 8.20. The zero-order valence-electron chi connectivity index (χ0n) is 12.4. The van der Waals surface area contributed by atoms with Crippen molar-refractivity contribution in [3.8, 4) is 0 Å². The van der Waals surface area contributed by atoms with Gasteiger partial charge in [0.25, 0.3) is 0 Å². The maximum atomic E-state index is 11.9. The topological polar surface area (TPSA) is 98.8 Å². The smallest absolute Gasteiger partial charge is 0.440 e. The summed E-state index contributed by atoms with van der Waals surface area (Å²) in [5.74, 6) is -0.749. The van der Waals surface area contributed by atoms with Gasteiger partial charge in [-0.15, -0.1) is 0 Å². The monoisotopic (exact) mass is 329 g/mol. The Bertz CT molecular complexity index is 599. The second kappa shape index (κ2) is 8.50. The molecule has 0 bridgehead atoms. The van der Waals surface area contributed by atoms with Crippen molar-refractivity contribution in [1.82, 2.24) is 4.72 Å². The molecule has 1 atom stereocenters. The molecule has 0 fully saturated rings. The summed E-state index contributed by atoms with van der Waals surface area (Å²) >= 11 is 0. The largest absolute Gasteiger partial charge is 0.468 e. The zero-order chi connectivity index (χ0) is 16.6. The van der Waals surface area contributed by atoms with Crippen molar-refractivity contribution in [2.45, 2.75) is 32.4 Å². The van der Waals surface area contributed by atoms with E-state index in [2.05, 4.69) is 4.74 Å². The maximum absolute atomic E-state index is 11.9. The molecule has 0 aliphatic rings. The van der Waals surface area contributed by atoms with Gasteiger partial charge in [0.15, 0.2) is 0 Å². The molecule has 0 aliphatic heterocycles. The highest BCUT2D eigenvalue weighted by molar-refractivity contribution is 8.04. The summed E-state index contributed by atoms with van der Waals surface area (Å²) in [5, 5.41) is -1.43. The van der Waals surface area contributed by atoms with Crippen molar-refractivity contribution < 1.29 is 27.5 Å². The molecule has 0 saturated carbocycles. The molecule has 0 heterocycles. The van der Waals surface area contributed by atoms with Gasteiger partial charge in [-0.25, -0.2) is 13.2 Å². The van der Waals surface area contributed by atoms with E-state index in [1.807, 2.05) is 4.72 Å². The van der Waals surface area contributed by atoms with Crippen LogP contribution >= 0.6 is 0 Å². The van der Waals surface area contributed by atoms with Crippen molar-refractivity contribution in [3.63, 3.8) is 0 Å². The zero-order valence-corrected chi connectivity index (χ0v) is 13.3. The number of sulfonamides is 1. The molecule has 0 radical (unpaired) electrons. The highest BCUT2D eigenvalue weighted by atomic mass is 32.2. The Morgan fingerprint density at radius 3 is 2.41 bits per heavy atom. The maximum Gasteiger partial charge on any atom is 0.440 e. The molecule has 1 unspecified atom stereocenters. The Labute approximate surface area is 129 Å². The van der Waals surface area contributed by atoms with Gasteiger partial charge in [0, 0.05) is 0 Å². The minimum Gasteiger partial charge on any atom is -0.468 e. The minimum atomic E-state index is -4.42. The lowest BCUT2D eigenvalue weighted by Gasteiger charge is -2.15. The molecule has 122 valence electrons. The van der Waals surface area contributed by atoms with E-state index in [1.54, 1.807) is 37.3 Å². The normalized spacial score (nSPS) is 12.5. The Morgan fingerprint density at radius 2 is 1.86 bits per heavy atom. The lowest BCUT2D eigenvalue weighted by Crippen LogP contribution is -2.44. The molecule has 0 aliphatic carbocycles. The van der Waals surface area contributed by atoms with Crippen LogP contribution < -0.4 is 4.72 Å². The number of benzene rings is 1. The van der Waals surface area contributed by atoms with Gasteiger partial charge >= 0.3 is 21.3 Å². The van der Waals surface area contributed by atoms with Gasteiger partial charge in [-0.1, -0.05) is 43.7 Å². The summed E-state index contributed by atoms with van der Waals surface area (Å²) in [5.41, 5.74) is 0.657. The fraction of sp³-hybridized carbons (Fsp3) is 0.429. The quantitative estimate of drug-likeness (QED) is 0.763. The molecule has 0 saturated heterocycles. The van der Waals surface area contributed by atoms with Gasteiger partial charge in [-0.2, -0.15) is 4.72 Å². The number of rotatable bonds is 7. The Kier molecular flexibility index (Phi) is 7.00. The third-order valence-electron chi connectivity index (χ3n) is 2.78. The van der Waals surface area contributed by atoms with E-state index in [0.29, 0.717) is 12.0 Å². The Morgan fingerprint density at radius 1 is 1.23 bits per heavy atom. The average Bonchev–Trinajstić information content (AvgIpc) is 2.52. The number of ether oxygens (including phenoxy) is 2. The van der Waals surface area contributed by atoms with Gasteiger partial charge in [-0.3, -0.25) is 4.79 Å². The minimum absolute atomic E-state index is 0.169. The molecular formula is C14H19NO6S. The van der Waals surface area contributed by atoms with Crippen LogP contribution in [0.1, 0.15) is 25.3 Å². The van der Waals surface area contributed by atoms with E-state index in [-0.39, 0.29) is 13.0 Å². The van der Waals surface area contributed by atoms with Crippen LogP contribution in [0.4, 0.5) is 4.79 Å². The number of hydrogen-bond donors (Lipinski definition) is 1. The van der Waals surface area contributed by atoms with Crippen molar-refractivity contribution in [2.24, 2.45) is 0 Å². The van der Waals surface area contributed by atoms with E-state index in [9.17, 15) is 18.0 Å². The molecule has 8 heteroatoms. The Hall–Kier alpha value is -1.93. The molecule has 1 aromatic rings. The first-order chi connectivity index (χ1) is 10.4. The first kappa shape index (κ1) is 18.1. The van der Waals surface area contributed by atoms with Crippen molar-refractivity contribution in [3.05, 3.63) is 35.9 Å². The van der Waals surface area contributed by atoms with E-state index in [1.165, 1.54) is 0 Å². The van der Waals surface area contributed by atoms with E-state index >= 15 is 0 Å². The molecule has 1 N–H and O–H groups in total. The third-order valence-corrected chi connectivity index (χ3v) is 3.93. The van der Waals surface area contributed by atoms with Gasteiger partial charge in [0.1, 0.15) is 12.6 Å². The highest BCUT2D eigenvalue weighted by Crippen LogP contribution is 2.06. The number of nitrogens with one attached hydrogen (secondary N) is 1. The summed E-state index contributed by atoms with van der Waals surface area (Å²) in [6.45, 7) is 1.61. The second-order valence-corrected chi connectivity index (χ2v) is 6.09. The molecule has 7 nitrogen and oxygen atoms in total. The summed E-state index contributed by atoms with van der Waals surface area (Å²) in [6.07, 6.45) is 0.763. The van der Waals surface area contributed by atoms with E-state index in [0.717, 1.165) is 7.11 Å². The second-order valence-electron chi connectivity index (χ2n) is 4.51. The van der Waals surface area contributed by atoms with Gasteiger partial charge < -0.3 is 9.47 Å². The standard InChI is InChI=1S/C14H19NO6S/c1-3-7-12(13(16)20-2)15-22(18,19)14(17)21-10-11-8-5-4-6-9-11/h4-6,8-9,12,15H,3,7,10H2,1-2H3. The van der Waals surface area contributed by atoms with Crippen molar-refractivity contribution in [1.29, 1.82) is 0 Å². The number of carbonyl (C=O) groups excluding carboxylic acids is 2. The number of hydrogen-bond acceptors (Lipinski definition) is 6. The lowest BCUT2D eigenvalue weighted by molar-refractivity contribution is -0.142. The summed E-state index contributed by atoms with van der Waals surface area (Å²) in [7, 11) is -3.27. The Balaban J connectivity index is 2.67. The van der Waals surface area contributed by atoms with Gasteiger partial charge in [0.2, 0.25) is 0 Å². The molecule has 1 rings (SSSR count). The molecular weight excluding hydrogens is 310 g/mol. The third kappa shape index (κ3) is 5.45. The van der Waals surface area contributed by atoms with Crippen LogP contribution in [-0.4, -0.2) is 32.8 Å². The van der Waals surface area contributed by atoms with E-state index in [4.69, 9.17) is 4.74 Å². The van der Waals surface area contributed by atoms with Crippen LogP contribution in [0.5, 0.6) is 0 Å². The number of methoxy groups -OCH3 is 1. The predicted octanol–water partition coefficient (Wildman–Crippen LogP) is 1.58. The fourth-order valence-electron chi connectivity index (χ4n) is 1.69. The van der Waals surface area contributed by atoms with Gasteiger partial charge in [-0.05, 0) is 12.0 Å². The van der Waals surface area contributed by atoms with Crippen LogP contribution in [0.15, 0.2) is 30.3 Å². The molecule has 1 aromatic carbocycles. The summed E-state index contributed by atoms with van der Waals surface area (Å²) in [4.78, 5) is 23.1. The first-order valence-electron chi connectivity index (χ1n) is 6.71. The molecule has 22 heavy (non-hydrogen) atoms. The predicted molar refractivity (Wildman–Crippen MR) is 79.4 cm³/mol. The summed E-state index contributed by atoms with van der Waals surface area (Å²) in [6, 6.07) is 7.55. The molecule has 0 spiro atoms. The highest BCUT2D eigenvalue weighted by Gasteiger charge is 2.31. The number of carbonyl (C=O) groups is 2. The SMILES string of the molecule is CCCC(NS(=O)(=O)C(=O)OCc1ccccc1)C(=O)OC. The lowest BCUT2D eigenvalue weighted by atomic mass is 10.2. The van der Waals surface area contributed by atoms with Crippen LogP contribution in [0.3, 0.4) is 0 Å².